The summed E-state index contributed by atoms with van der Waals surface area (Å²) in [6, 6.07) is 16.1. The molecule has 1 heterocycles. The Hall–Kier alpha value is -3.08. The molecule has 0 unspecified atom stereocenters. The van der Waals surface area contributed by atoms with Gasteiger partial charge in [0.1, 0.15) is 12.0 Å². The minimum Gasteiger partial charge on any atom is -0.393 e. The highest BCUT2D eigenvalue weighted by Gasteiger charge is 2.08. The van der Waals surface area contributed by atoms with E-state index in [1.54, 1.807) is 0 Å². The summed E-state index contributed by atoms with van der Waals surface area (Å²) in [5, 5.41) is 6.44. The number of aryl methyl sites for hydroxylation is 2. The molecular weight excluding hydrogens is 286 g/mol. The number of nitrogens with zero attached hydrogens (tertiary/aromatic N) is 2. The number of nitrogens with two attached hydrogens (primary N) is 1. The Balaban J connectivity index is 1.83. The highest BCUT2D eigenvalue weighted by molar-refractivity contribution is 5.80. The molecule has 116 valence electrons. The summed E-state index contributed by atoms with van der Waals surface area (Å²) >= 11 is 0. The van der Waals surface area contributed by atoms with Gasteiger partial charge in [-0.2, -0.15) is 0 Å². The first-order valence-corrected chi connectivity index (χ1v) is 7.40. The van der Waals surface area contributed by atoms with Crippen molar-refractivity contribution in [2.45, 2.75) is 13.8 Å². The fourth-order valence-corrected chi connectivity index (χ4v) is 2.14. The Bertz CT molecular complexity index is 729. The Morgan fingerprint density at radius 1 is 0.696 bits per heavy atom. The average molecular weight is 305 g/mol. The van der Waals surface area contributed by atoms with Crippen LogP contribution in [0.5, 0.6) is 0 Å². The summed E-state index contributed by atoms with van der Waals surface area (Å²) in [5.41, 5.74) is 10.9. The molecule has 5 nitrogen and oxygen atoms in total. The van der Waals surface area contributed by atoms with Crippen molar-refractivity contribution in [2.24, 2.45) is 0 Å². The first-order valence-electron chi connectivity index (χ1n) is 7.40. The maximum absolute atomic E-state index is 6.19. The van der Waals surface area contributed by atoms with Gasteiger partial charge < -0.3 is 16.4 Å². The topological polar surface area (TPSA) is 75.9 Å². The van der Waals surface area contributed by atoms with Crippen molar-refractivity contribution in [3.63, 3.8) is 0 Å². The van der Waals surface area contributed by atoms with Crippen LogP contribution in [-0.2, 0) is 0 Å². The summed E-state index contributed by atoms with van der Waals surface area (Å²) < 4.78 is 0. The van der Waals surface area contributed by atoms with Gasteiger partial charge in [0.15, 0.2) is 11.6 Å². The van der Waals surface area contributed by atoms with Crippen LogP contribution >= 0.6 is 0 Å². The number of nitrogen functional groups attached to an aromatic ring is 1. The molecule has 3 rings (SSSR count). The number of rotatable bonds is 4. The van der Waals surface area contributed by atoms with Crippen molar-refractivity contribution in [1.29, 1.82) is 0 Å². The molecule has 4 N–H and O–H groups in total. The number of nitrogens with one attached hydrogen (secondary N) is 2. The van der Waals surface area contributed by atoms with Gasteiger partial charge in [-0.1, -0.05) is 35.4 Å². The highest BCUT2D eigenvalue weighted by Crippen LogP contribution is 2.28. The van der Waals surface area contributed by atoms with Crippen LogP contribution < -0.4 is 16.4 Å². The van der Waals surface area contributed by atoms with Crippen molar-refractivity contribution in [1.82, 2.24) is 9.97 Å². The molecule has 3 aromatic rings. The lowest BCUT2D eigenvalue weighted by Crippen LogP contribution is -2.05. The Labute approximate surface area is 135 Å². The van der Waals surface area contributed by atoms with E-state index in [4.69, 9.17) is 5.73 Å². The number of benzene rings is 2. The molecule has 0 aliphatic rings. The molecule has 0 radical (unpaired) electrons. The van der Waals surface area contributed by atoms with Gasteiger partial charge in [0.05, 0.1) is 0 Å². The molecule has 2 aromatic carbocycles. The maximum Gasteiger partial charge on any atom is 0.159 e. The van der Waals surface area contributed by atoms with Crippen molar-refractivity contribution in [2.75, 3.05) is 16.4 Å². The van der Waals surface area contributed by atoms with Gasteiger partial charge in [0.2, 0.25) is 0 Å². The molecule has 0 saturated heterocycles. The monoisotopic (exact) mass is 305 g/mol. The Morgan fingerprint density at radius 3 is 1.48 bits per heavy atom. The minimum absolute atomic E-state index is 0.480. The zero-order valence-corrected chi connectivity index (χ0v) is 13.2. The van der Waals surface area contributed by atoms with Gasteiger partial charge in [-0.05, 0) is 38.1 Å². The van der Waals surface area contributed by atoms with E-state index in [9.17, 15) is 0 Å². The van der Waals surface area contributed by atoms with E-state index in [2.05, 4.69) is 20.6 Å². The zero-order chi connectivity index (χ0) is 16.2. The van der Waals surface area contributed by atoms with Crippen molar-refractivity contribution in [3.8, 4) is 0 Å². The largest absolute Gasteiger partial charge is 0.393 e. The Morgan fingerprint density at radius 2 is 1.09 bits per heavy atom. The zero-order valence-electron chi connectivity index (χ0n) is 13.2. The standard InChI is InChI=1S/C18H19N5/c1-12-3-7-14(8-4-12)22-17-16(19)18(21-11-20-17)23-15-9-5-13(2)6-10-15/h3-11H,19H2,1-2H3,(H2,20,21,22,23). The van der Waals surface area contributed by atoms with E-state index in [1.807, 2.05) is 62.4 Å². The molecule has 0 aliphatic carbocycles. The molecule has 0 atom stereocenters. The first kappa shape index (κ1) is 14.8. The number of aromatic nitrogens is 2. The predicted molar refractivity (Wildman–Crippen MR) is 95.4 cm³/mol. The third kappa shape index (κ3) is 3.58. The average Bonchev–Trinajstić information content (AvgIpc) is 2.55. The van der Waals surface area contributed by atoms with E-state index in [-0.39, 0.29) is 0 Å². The van der Waals surface area contributed by atoms with Crippen molar-refractivity contribution >= 4 is 28.7 Å². The normalized spacial score (nSPS) is 10.3. The van der Waals surface area contributed by atoms with Crippen LogP contribution in [0.4, 0.5) is 28.7 Å². The van der Waals surface area contributed by atoms with Crippen LogP contribution in [0.25, 0.3) is 0 Å². The van der Waals surface area contributed by atoms with Gasteiger partial charge in [0.25, 0.3) is 0 Å². The molecule has 0 amide bonds. The van der Waals surface area contributed by atoms with Crippen LogP contribution in [0.2, 0.25) is 0 Å². The second-order valence-corrected chi connectivity index (χ2v) is 5.47. The molecule has 0 saturated carbocycles. The molecule has 0 aliphatic heterocycles. The quantitative estimate of drug-likeness (QED) is 0.674. The second kappa shape index (κ2) is 6.36. The number of anilines is 5. The minimum atomic E-state index is 0.480. The lowest BCUT2D eigenvalue weighted by molar-refractivity contribution is 1.17. The summed E-state index contributed by atoms with van der Waals surface area (Å²) in [7, 11) is 0. The molecule has 0 spiro atoms. The van der Waals surface area contributed by atoms with Crippen LogP contribution in [0.1, 0.15) is 11.1 Å². The third-order valence-corrected chi connectivity index (χ3v) is 3.51. The fraction of sp³-hybridized carbons (Fsp3) is 0.111. The van der Waals surface area contributed by atoms with Gasteiger partial charge in [0, 0.05) is 11.4 Å². The van der Waals surface area contributed by atoms with Crippen LogP contribution in [0, 0.1) is 13.8 Å². The predicted octanol–water partition coefficient (Wildman–Crippen LogP) is 4.16. The first-order chi connectivity index (χ1) is 11.1. The van der Waals surface area contributed by atoms with Crippen molar-refractivity contribution in [3.05, 3.63) is 66.0 Å². The lowest BCUT2D eigenvalue weighted by atomic mass is 10.2. The van der Waals surface area contributed by atoms with Crippen molar-refractivity contribution < 1.29 is 0 Å². The SMILES string of the molecule is Cc1ccc(Nc2ncnc(Nc3ccc(C)cc3)c2N)cc1. The number of hydrogen-bond donors (Lipinski definition) is 3. The van der Waals surface area contributed by atoms with Gasteiger partial charge in [-0.15, -0.1) is 0 Å². The lowest BCUT2D eigenvalue weighted by Gasteiger charge is -2.12. The van der Waals surface area contributed by atoms with Crippen LogP contribution in [0.15, 0.2) is 54.9 Å². The van der Waals surface area contributed by atoms with Crippen LogP contribution in [-0.4, -0.2) is 9.97 Å². The maximum atomic E-state index is 6.19. The summed E-state index contributed by atoms with van der Waals surface area (Å²) in [6.07, 6.45) is 1.49. The van der Waals surface area contributed by atoms with Crippen LogP contribution in [0.3, 0.4) is 0 Å². The van der Waals surface area contributed by atoms with Gasteiger partial charge in [-0.3, -0.25) is 0 Å². The fourth-order valence-electron chi connectivity index (χ4n) is 2.14. The van der Waals surface area contributed by atoms with Gasteiger partial charge >= 0.3 is 0 Å². The summed E-state index contributed by atoms with van der Waals surface area (Å²) in [5.74, 6) is 1.16. The van der Waals surface area contributed by atoms with E-state index >= 15 is 0 Å². The van der Waals surface area contributed by atoms with E-state index in [0.29, 0.717) is 17.3 Å². The molecule has 0 bridgehead atoms. The van der Waals surface area contributed by atoms with Gasteiger partial charge in [-0.25, -0.2) is 9.97 Å². The molecule has 5 heteroatoms. The second-order valence-electron chi connectivity index (χ2n) is 5.47. The summed E-state index contributed by atoms with van der Waals surface area (Å²) in [6.45, 7) is 4.10. The molecule has 0 fully saturated rings. The third-order valence-electron chi connectivity index (χ3n) is 3.51. The smallest absolute Gasteiger partial charge is 0.159 e. The highest BCUT2D eigenvalue weighted by atomic mass is 15.1. The molecular formula is C18H19N5. The molecule has 1 aromatic heterocycles. The van der Waals surface area contributed by atoms with E-state index < -0.39 is 0 Å². The molecule has 23 heavy (non-hydrogen) atoms. The van der Waals surface area contributed by atoms with E-state index in [1.165, 1.54) is 17.5 Å². The Kier molecular flexibility index (Phi) is 4.10. The van der Waals surface area contributed by atoms with E-state index in [0.717, 1.165) is 11.4 Å². The summed E-state index contributed by atoms with van der Waals surface area (Å²) in [4.78, 5) is 8.45. The number of hydrogen-bond acceptors (Lipinski definition) is 5.